The average Bonchev–Trinajstić information content (AvgIpc) is 3.49. The molecule has 202 valence electrons. The third-order valence-electron chi connectivity index (χ3n) is 5.65. The van der Waals surface area contributed by atoms with Gasteiger partial charge in [0.1, 0.15) is 11.5 Å². The Morgan fingerprint density at radius 3 is 2.62 bits per heavy atom. The molecule has 2 aromatic carbocycles. The number of nitrogens with one attached hydrogen (secondary N) is 2. The number of carbonyl (C=O) groups excluding carboxylic acids is 4. The Labute approximate surface area is 231 Å². The van der Waals surface area contributed by atoms with Gasteiger partial charge in [-0.1, -0.05) is 18.2 Å². The van der Waals surface area contributed by atoms with E-state index in [0.29, 0.717) is 27.2 Å². The van der Waals surface area contributed by atoms with Crippen molar-refractivity contribution in [1.82, 2.24) is 10.2 Å². The zero-order valence-electron chi connectivity index (χ0n) is 21.2. The van der Waals surface area contributed by atoms with Crippen LogP contribution in [0.2, 0.25) is 0 Å². The lowest BCUT2D eigenvalue weighted by Gasteiger charge is -2.14. The lowest BCUT2D eigenvalue weighted by atomic mass is 10.1. The van der Waals surface area contributed by atoms with Crippen molar-refractivity contribution in [3.8, 4) is 11.5 Å². The molecule has 0 atom stereocenters. The summed E-state index contributed by atoms with van der Waals surface area (Å²) in [6.45, 7) is 1.44. The van der Waals surface area contributed by atoms with Crippen molar-refractivity contribution in [2.45, 2.75) is 13.5 Å². The Morgan fingerprint density at radius 2 is 1.90 bits per heavy atom. The van der Waals surface area contributed by atoms with Crippen molar-refractivity contribution >= 4 is 51.5 Å². The number of urea groups is 1. The predicted octanol–water partition coefficient (Wildman–Crippen LogP) is 4.26. The van der Waals surface area contributed by atoms with Gasteiger partial charge in [0, 0.05) is 5.69 Å². The van der Waals surface area contributed by atoms with Crippen LogP contribution < -0.4 is 20.1 Å². The van der Waals surface area contributed by atoms with E-state index < -0.39 is 17.9 Å². The molecule has 1 fully saturated rings. The van der Waals surface area contributed by atoms with Crippen molar-refractivity contribution in [2.24, 2.45) is 0 Å². The number of hydrogen-bond donors (Lipinski definition) is 2. The molecule has 3 aromatic rings. The number of furan rings is 1. The Morgan fingerprint density at radius 1 is 1.13 bits per heavy atom. The summed E-state index contributed by atoms with van der Waals surface area (Å²) >= 11 is 3.42. The van der Waals surface area contributed by atoms with Crippen molar-refractivity contribution in [1.29, 1.82) is 0 Å². The number of nitrogens with zero attached hydrogens (tertiary/aromatic N) is 1. The molecule has 4 amide bonds. The molecule has 12 heteroatoms. The van der Waals surface area contributed by atoms with Crippen LogP contribution in [0.4, 0.5) is 10.5 Å². The Hall–Kier alpha value is -4.58. The molecule has 2 heterocycles. The fourth-order valence-corrected chi connectivity index (χ4v) is 4.29. The van der Waals surface area contributed by atoms with E-state index in [1.165, 1.54) is 32.4 Å². The summed E-state index contributed by atoms with van der Waals surface area (Å²) in [5, 5.41) is 5.32. The third kappa shape index (κ3) is 6.29. The second-order valence-corrected chi connectivity index (χ2v) is 9.18. The fourth-order valence-electron chi connectivity index (χ4n) is 3.71. The minimum atomic E-state index is -0.669. The van der Waals surface area contributed by atoms with Crippen LogP contribution in [-0.4, -0.2) is 49.5 Å². The average molecular weight is 598 g/mol. The summed E-state index contributed by atoms with van der Waals surface area (Å²) in [7, 11) is 2.66. The number of halogens is 1. The van der Waals surface area contributed by atoms with E-state index in [-0.39, 0.29) is 36.3 Å². The van der Waals surface area contributed by atoms with Gasteiger partial charge < -0.3 is 29.3 Å². The first-order valence-corrected chi connectivity index (χ1v) is 12.4. The van der Waals surface area contributed by atoms with E-state index in [1.54, 1.807) is 18.2 Å². The maximum atomic E-state index is 12.9. The van der Waals surface area contributed by atoms with Crippen LogP contribution in [0, 0.1) is 6.92 Å². The first-order chi connectivity index (χ1) is 18.7. The van der Waals surface area contributed by atoms with Gasteiger partial charge in [0.2, 0.25) is 5.76 Å². The minimum Gasteiger partial charge on any atom is -0.493 e. The zero-order chi connectivity index (χ0) is 28.1. The van der Waals surface area contributed by atoms with E-state index in [0.717, 1.165) is 10.5 Å². The van der Waals surface area contributed by atoms with Gasteiger partial charge in [0.25, 0.3) is 11.8 Å². The number of anilines is 1. The normalized spacial score (nSPS) is 13.8. The standard InChI is InChI=1S/C27H24BrN3O8/c1-15-6-4-5-7-19(15)29-23(32)14-38-24-18(28)10-16(12-22(24)36-2)11-20-25(33)31(27(35)30-20)13-17-8-9-21(39-17)26(34)37-3/h4-12H,13-14H2,1-3H3,(H,29,32)(H,30,35)/b20-11-. The zero-order valence-corrected chi connectivity index (χ0v) is 22.8. The Bertz CT molecular complexity index is 1480. The summed E-state index contributed by atoms with van der Waals surface area (Å²) in [6.07, 6.45) is 1.48. The summed E-state index contributed by atoms with van der Waals surface area (Å²) in [5.74, 6) is -0.808. The van der Waals surface area contributed by atoms with Gasteiger partial charge in [0.05, 0.1) is 25.2 Å². The Balaban J connectivity index is 1.46. The van der Waals surface area contributed by atoms with E-state index in [9.17, 15) is 19.2 Å². The number of carbonyl (C=O) groups is 4. The van der Waals surface area contributed by atoms with Crippen LogP contribution in [0.15, 0.2) is 63.1 Å². The molecular formula is C27H24BrN3O8. The van der Waals surface area contributed by atoms with E-state index >= 15 is 0 Å². The number of benzene rings is 2. The second kappa shape index (κ2) is 11.9. The van der Waals surface area contributed by atoms with Crippen molar-refractivity contribution in [3.63, 3.8) is 0 Å². The molecule has 2 N–H and O–H groups in total. The van der Waals surface area contributed by atoms with Gasteiger partial charge in [-0.05, 0) is 70.4 Å². The molecule has 0 radical (unpaired) electrons. The Kier molecular flexibility index (Phi) is 8.35. The van der Waals surface area contributed by atoms with E-state index in [4.69, 9.17) is 13.9 Å². The maximum absolute atomic E-state index is 12.9. The molecular weight excluding hydrogens is 574 g/mol. The number of amides is 4. The highest BCUT2D eigenvalue weighted by Gasteiger charge is 2.34. The first-order valence-electron chi connectivity index (χ1n) is 11.6. The number of para-hydroxylation sites is 1. The minimum absolute atomic E-state index is 0.0278. The highest BCUT2D eigenvalue weighted by atomic mass is 79.9. The van der Waals surface area contributed by atoms with E-state index in [2.05, 4.69) is 31.3 Å². The van der Waals surface area contributed by atoms with Crippen molar-refractivity contribution < 1.29 is 37.8 Å². The number of ether oxygens (including phenoxy) is 3. The fraction of sp³-hybridized carbons (Fsp3) is 0.185. The molecule has 1 aliphatic heterocycles. The SMILES string of the molecule is COC(=O)c1ccc(CN2C(=O)N/C(=C\c3cc(Br)c(OCC(=O)Nc4ccccc4C)c(OC)c3)C2=O)o1. The summed E-state index contributed by atoms with van der Waals surface area (Å²) in [4.78, 5) is 50.3. The molecule has 11 nitrogen and oxygen atoms in total. The number of esters is 1. The summed E-state index contributed by atoms with van der Waals surface area (Å²) in [6, 6.07) is 12.9. The van der Waals surface area contributed by atoms with Crippen LogP contribution in [0.25, 0.3) is 6.08 Å². The van der Waals surface area contributed by atoms with Gasteiger partial charge in [-0.3, -0.25) is 14.5 Å². The second-order valence-electron chi connectivity index (χ2n) is 8.32. The van der Waals surface area contributed by atoms with Crippen LogP contribution >= 0.6 is 15.9 Å². The van der Waals surface area contributed by atoms with Crippen LogP contribution in [0.5, 0.6) is 11.5 Å². The smallest absolute Gasteiger partial charge is 0.373 e. The number of hydrogen-bond acceptors (Lipinski definition) is 8. The van der Waals surface area contributed by atoms with Crippen molar-refractivity contribution in [2.75, 3.05) is 26.1 Å². The highest BCUT2D eigenvalue weighted by molar-refractivity contribution is 9.10. The first kappa shape index (κ1) is 27.5. The molecule has 0 saturated carbocycles. The molecule has 4 rings (SSSR count). The number of rotatable bonds is 9. The monoisotopic (exact) mass is 597 g/mol. The lowest BCUT2D eigenvalue weighted by Crippen LogP contribution is -2.30. The molecule has 0 unspecified atom stereocenters. The molecule has 0 bridgehead atoms. The highest BCUT2D eigenvalue weighted by Crippen LogP contribution is 2.37. The largest absolute Gasteiger partial charge is 0.493 e. The molecule has 1 aliphatic rings. The number of imide groups is 1. The van der Waals surface area contributed by atoms with Gasteiger partial charge in [-0.2, -0.15) is 0 Å². The maximum Gasteiger partial charge on any atom is 0.373 e. The van der Waals surface area contributed by atoms with Gasteiger partial charge in [0.15, 0.2) is 18.1 Å². The van der Waals surface area contributed by atoms with Gasteiger partial charge in [-0.25, -0.2) is 9.59 Å². The quantitative estimate of drug-likeness (QED) is 0.212. The van der Waals surface area contributed by atoms with Crippen LogP contribution in [0.1, 0.15) is 27.4 Å². The molecule has 1 saturated heterocycles. The van der Waals surface area contributed by atoms with Gasteiger partial charge in [-0.15, -0.1) is 0 Å². The van der Waals surface area contributed by atoms with E-state index in [1.807, 2.05) is 25.1 Å². The molecule has 0 aliphatic carbocycles. The van der Waals surface area contributed by atoms with Crippen molar-refractivity contribution in [3.05, 3.63) is 81.3 Å². The van der Waals surface area contributed by atoms with Crippen LogP contribution in [-0.2, 0) is 20.9 Å². The van der Waals surface area contributed by atoms with Crippen LogP contribution in [0.3, 0.4) is 0 Å². The number of methoxy groups -OCH3 is 2. The lowest BCUT2D eigenvalue weighted by molar-refractivity contribution is -0.123. The summed E-state index contributed by atoms with van der Waals surface area (Å²) < 4.78 is 21.6. The topological polar surface area (TPSA) is 136 Å². The molecule has 39 heavy (non-hydrogen) atoms. The molecule has 0 spiro atoms. The number of aryl methyl sites for hydroxylation is 1. The van der Waals surface area contributed by atoms with Gasteiger partial charge >= 0.3 is 12.0 Å². The third-order valence-corrected chi connectivity index (χ3v) is 6.24. The molecule has 1 aromatic heterocycles. The summed E-state index contributed by atoms with van der Waals surface area (Å²) in [5.41, 5.74) is 2.16. The predicted molar refractivity (Wildman–Crippen MR) is 143 cm³/mol.